The maximum absolute atomic E-state index is 11.0. The molecule has 1 aromatic heterocycles. The Morgan fingerprint density at radius 2 is 2.07 bits per heavy atom. The van der Waals surface area contributed by atoms with Crippen LogP contribution in [0.1, 0.15) is 5.69 Å². The molecule has 0 unspecified atom stereocenters. The van der Waals surface area contributed by atoms with Crippen molar-refractivity contribution in [2.24, 2.45) is 4.99 Å². The van der Waals surface area contributed by atoms with Gasteiger partial charge in [-0.2, -0.15) is 0 Å². The highest BCUT2D eigenvalue weighted by Gasteiger charge is 2.15. The Kier molecular flexibility index (Phi) is 4.65. The van der Waals surface area contributed by atoms with Crippen LogP contribution < -0.4 is 10.9 Å². The molecular weight excluding hydrogens is 390 g/mol. The molecule has 11 heteroatoms. The number of nitro groups is 1. The van der Waals surface area contributed by atoms with E-state index in [1.807, 2.05) is 24.3 Å². The second-order valence-corrected chi connectivity index (χ2v) is 6.89. The lowest BCUT2D eigenvalue weighted by molar-refractivity contribution is -0.384. The molecule has 0 aliphatic carbocycles. The highest BCUT2D eigenvalue weighted by atomic mass is 35.5. The van der Waals surface area contributed by atoms with Crippen LogP contribution in [0.15, 0.2) is 53.7 Å². The number of aliphatic imine (C=N–C) groups is 1. The normalized spacial score (nSPS) is 12.6. The monoisotopic (exact) mass is 401 g/mol. The summed E-state index contributed by atoms with van der Waals surface area (Å²) >= 11 is 7.30. The third-order valence-corrected chi connectivity index (χ3v) is 4.95. The fourth-order valence-corrected chi connectivity index (χ4v) is 3.31. The number of nitrogens with one attached hydrogen (secondary N) is 2. The quantitative estimate of drug-likeness (QED) is 0.506. The van der Waals surface area contributed by atoms with Crippen LogP contribution in [0, 0.1) is 10.1 Å². The van der Waals surface area contributed by atoms with Crippen LogP contribution in [0.3, 0.4) is 0 Å². The van der Waals surface area contributed by atoms with Gasteiger partial charge < -0.3 is 0 Å². The van der Waals surface area contributed by atoms with Crippen molar-refractivity contribution >= 4 is 45.6 Å². The smallest absolute Gasteiger partial charge is 0.290 e. The molecule has 0 saturated carbocycles. The number of rotatable bonds is 4. The number of para-hydroxylation sites is 2. The summed E-state index contributed by atoms with van der Waals surface area (Å²) in [5.41, 5.74) is 8.93. The summed E-state index contributed by atoms with van der Waals surface area (Å²) in [7, 11) is 0. The van der Waals surface area contributed by atoms with E-state index in [1.165, 1.54) is 28.6 Å². The van der Waals surface area contributed by atoms with E-state index >= 15 is 0 Å². The molecule has 2 N–H and O–H groups in total. The first-order valence-corrected chi connectivity index (χ1v) is 9.14. The highest BCUT2D eigenvalue weighted by Crippen LogP contribution is 2.29. The van der Waals surface area contributed by atoms with Gasteiger partial charge in [0.2, 0.25) is 0 Å². The van der Waals surface area contributed by atoms with Gasteiger partial charge in [-0.25, -0.2) is 9.67 Å². The van der Waals surface area contributed by atoms with Gasteiger partial charge in [-0.1, -0.05) is 40.7 Å². The minimum atomic E-state index is -0.531. The van der Waals surface area contributed by atoms with Crippen LogP contribution in [0.2, 0.25) is 5.02 Å². The average molecular weight is 402 g/mol. The van der Waals surface area contributed by atoms with Crippen LogP contribution in [-0.4, -0.2) is 25.1 Å². The van der Waals surface area contributed by atoms with E-state index < -0.39 is 4.92 Å². The van der Waals surface area contributed by atoms with Crippen molar-refractivity contribution < 1.29 is 4.92 Å². The first-order chi connectivity index (χ1) is 13.1. The number of hydrogen-bond donors (Lipinski definition) is 2. The maximum Gasteiger partial charge on any atom is 0.290 e. The van der Waals surface area contributed by atoms with Gasteiger partial charge in [0.05, 0.1) is 33.9 Å². The van der Waals surface area contributed by atoms with Gasteiger partial charge in [-0.3, -0.25) is 21.0 Å². The predicted octanol–water partition coefficient (Wildman–Crippen LogP) is 3.68. The van der Waals surface area contributed by atoms with Gasteiger partial charge in [0.1, 0.15) is 5.02 Å². The number of anilines is 1. The lowest BCUT2D eigenvalue weighted by Crippen LogP contribution is -2.29. The van der Waals surface area contributed by atoms with Gasteiger partial charge >= 0.3 is 0 Å². The van der Waals surface area contributed by atoms with Crippen molar-refractivity contribution in [2.75, 3.05) is 5.43 Å². The number of nitro benzene ring substituents is 1. The fourth-order valence-electron chi connectivity index (χ4n) is 2.42. The summed E-state index contributed by atoms with van der Waals surface area (Å²) in [5.74, 6) is 0.533. The van der Waals surface area contributed by atoms with Gasteiger partial charge in [0.15, 0.2) is 5.17 Å². The van der Waals surface area contributed by atoms with Crippen molar-refractivity contribution in [3.8, 4) is 5.69 Å². The third-order valence-electron chi connectivity index (χ3n) is 3.72. The number of hydrogen-bond acceptors (Lipinski definition) is 8. The molecule has 27 heavy (non-hydrogen) atoms. The molecule has 3 aromatic rings. The number of fused-ring (bicyclic) bond motifs is 1. The number of thioether (sulfide) groups is 1. The zero-order chi connectivity index (χ0) is 18.8. The second kappa shape index (κ2) is 7.25. The third kappa shape index (κ3) is 3.71. The SMILES string of the molecule is O=[N+]([O-])c1cc(-n2cc(CSC3=Nc4ccccc4NN3)nn2)ccc1Cl. The molecule has 4 rings (SSSR count). The molecule has 0 bridgehead atoms. The maximum atomic E-state index is 11.0. The number of benzene rings is 2. The molecule has 2 heterocycles. The first kappa shape index (κ1) is 17.3. The Morgan fingerprint density at radius 1 is 1.22 bits per heavy atom. The molecule has 0 radical (unpaired) electrons. The van der Waals surface area contributed by atoms with E-state index in [-0.39, 0.29) is 10.7 Å². The highest BCUT2D eigenvalue weighted by molar-refractivity contribution is 8.13. The Balaban J connectivity index is 1.47. The molecule has 0 spiro atoms. The molecule has 0 atom stereocenters. The van der Waals surface area contributed by atoms with Crippen molar-refractivity contribution in [1.82, 2.24) is 20.4 Å². The van der Waals surface area contributed by atoms with Crippen LogP contribution in [-0.2, 0) is 5.75 Å². The zero-order valence-electron chi connectivity index (χ0n) is 13.7. The molecule has 1 aliphatic heterocycles. The minimum absolute atomic E-state index is 0.0776. The standard InChI is InChI=1S/C16H12ClN7O2S/c17-12-6-5-11(7-15(12)24(25)26)23-8-10(19-22-23)9-27-16-18-13-3-1-2-4-14(13)20-21-16/h1-8,20H,9H2,(H,18,21). The number of aromatic nitrogens is 3. The Labute approximate surface area is 162 Å². The Hall–Kier alpha value is -3.11. The van der Waals surface area contributed by atoms with Crippen LogP contribution in [0.5, 0.6) is 0 Å². The molecular formula is C16H12ClN7O2S. The van der Waals surface area contributed by atoms with Crippen LogP contribution in [0.4, 0.5) is 17.1 Å². The van der Waals surface area contributed by atoms with E-state index in [9.17, 15) is 10.1 Å². The van der Waals surface area contributed by atoms with Gasteiger partial charge in [-0.05, 0) is 24.3 Å². The second-order valence-electron chi connectivity index (χ2n) is 5.52. The summed E-state index contributed by atoms with van der Waals surface area (Å²) in [6, 6.07) is 12.2. The van der Waals surface area contributed by atoms with E-state index in [4.69, 9.17) is 11.6 Å². The van der Waals surface area contributed by atoms with Crippen LogP contribution >= 0.6 is 23.4 Å². The van der Waals surface area contributed by atoms with Crippen molar-refractivity contribution in [3.63, 3.8) is 0 Å². The van der Waals surface area contributed by atoms with Gasteiger partial charge in [-0.15, -0.1) is 5.10 Å². The first-order valence-electron chi connectivity index (χ1n) is 7.78. The number of amidine groups is 1. The molecule has 0 fully saturated rings. The van der Waals surface area contributed by atoms with Crippen molar-refractivity contribution in [3.05, 3.63) is 69.5 Å². The molecule has 1 aliphatic rings. The molecule has 0 amide bonds. The molecule has 0 saturated heterocycles. The summed E-state index contributed by atoms with van der Waals surface area (Å²) < 4.78 is 1.48. The predicted molar refractivity (Wildman–Crippen MR) is 105 cm³/mol. The topological polar surface area (TPSA) is 110 Å². The van der Waals surface area contributed by atoms with Crippen molar-refractivity contribution in [2.45, 2.75) is 5.75 Å². The minimum Gasteiger partial charge on any atom is -0.297 e. The Bertz CT molecular complexity index is 1050. The van der Waals surface area contributed by atoms with Crippen LogP contribution in [0.25, 0.3) is 5.69 Å². The summed E-state index contributed by atoms with van der Waals surface area (Å²) in [6.45, 7) is 0. The largest absolute Gasteiger partial charge is 0.297 e. The lowest BCUT2D eigenvalue weighted by Gasteiger charge is -2.18. The summed E-state index contributed by atoms with van der Waals surface area (Å²) in [5, 5.41) is 19.9. The van der Waals surface area contributed by atoms with E-state index in [0.717, 1.165) is 11.4 Å². The Morgan fingerprint density at radius 3 is 2.93 bits per heavy atom. The van der Waals surface area contributed by atoms with E-state index in [1.54, 1.807) is 12.3 Å². The number of halogens is 1. The average Bonchev–Trinajstić information content (AvgIpc) is 3.15. The van der Waals surface area contributed by atoms with Crippen molar-refractivity contribution in [1.29, 1.82) is 0 Å². The van der Waals surface area contributed by atoms with E-state index in [0.29, 0.717) is 22.3 Å². The number of hydrazine groups is 1. The summed E-state index contributed by atoms with van der Waals surface area (Å²) in [4.78, 5) is 15.0. The molecule has 9 nitrogen and oxygen atoms in total. The molecule has 2 aromatic carbocycles. The zero-order valence-corrected chi connectivity index (χ0v) is 15.2. The van der Waals surface area contributed by atoms with Gasteiger partial charge in [0.25, 0.3) is 5.69 Å². The number of nitrogens with zero attached hydrogens (tertiary/aromatic N) is 5. The van der Waals surface area contributed by atoms with E-state index in [2.05, 4.69) is 26.2 Å². The molecule has 136 valence electrons. The fraction of sp³-hybridized carbons (Fsp3) is 0.0625. The lowest BCUT2D eigenvalue weighted by atomic mass is 10.3. The summed E-state index contributed by atoms with van der Waals surface area (Å²) in [6.07, 6.45) is 1.71. The van der Waals surface area contributed by atoms with Gasteiger partial charge in [0, 0.05) is 11.8 Å².